The highest BCUT2D eigenvalue weighted by Gasteiger charge is 2.28. The predicted octanol–water partition coefficient (Wildman–Crippen LogP) is 4.33. The number of nitrogens with zero attached hydrogens (tertiary/aromatic N) is 5. The number of carbonyl (C=O) groups excluding carboxylic acids is 1. The van der Waals surface area contributed by atoms with E-state index in [1.165, 1.54) is 6.42 Å². The van der Waals surface area contributed by atoms with Gasteiger partial charge in [0.1, 0.15) is 5.75 Å². The van der Waals surface area contributed by atoms with Crippen LogP contribution < -0.4 is 9.64 Å². The van der Waals surface area contributed by atoms with Gasteiger partial charge in [-0.25, -0.2) is 4.98 Å². The van der Waals surface area contributed by atoms with Gasteiger partial charge >= 0.3 is 0 Å². The lowest BCUT2D eigenvalue weighted by molar-refractivity contribution is 0.0732. The molecule has 0 N–H and O–H groups in total. The lowest BCUT2D eigenvalue weighted by Gasteiger charge is -2.32. The molecule has 0 saturated carbocycles. The van der Waals surface area contributed by atoms with E-state index in [-0.39, 0.29) is 5.91 Å². The van der Waals surface area contributed by atoms with Crippen molar-refractivity contribution in [2.45, 2.75) is 32.2 Å². The first-order chi connectivity index (χ1) is 16.2. The van der Waals surface area contributed by atoms with Crippen molar-refractivity contribution in [3.8, 4) is 17.7 Å². The minimum absolute atomic E-state index is 0.108. The Morgan fingerprint density at radius 1 is 0.970 bits per heavy atom. The molecular formula is C26H25N5O2. The van der Waals surface area contributed by atoms with E-state index in [4.69, 9.17) is 14.7 Å². The fraction of sp³-hybridized carbons (Fsp3) is 0.308. The smallest absolute Gasteiger partial charge is 0.254 e. The van der Waals surface area contributed by atoms with Gasteiger partial charge in [0, 0.05) is 31.6 Å². The largest absolute Gasteiger partial charge is 0.438 e. The molecule has 3 aromatic rings. The molecule has 2 aliphatic rings. The van der Waals surface area contributed by atoms with E-state index in [1.807, 2.05) is 30.3 Å². The van der Waals surface area contributed by atoms with Gasteiger partial charge in [-0.15, -0.1) is 0 Å². The van der Waals surface area contributed by atoms with Crippen LogP contribution in [0, 0.1) is 11.3 Å². The molecule has 2 aromatic carbocycles. The molecule has 166 valence electrons. The summed E-state index contributed by atoms with van der Waals surface area (Å²) in [4.78, 5) is 26.9. The topological polar surface area (TPSA) is 82.4 Å². The van der Waals surface area contributed by atoms with Gasteiger partial charge in [0.2, 0.25) is 11.8 Å². The van der Waals surface area contributed by atoms with Crippen LogP contribution in [0.3, 0.4) is 0 Å². The number of nitriles is 1. The Morgan fingerprint density at radius 2 is 1.79 bits per heavy atom. The first-order valence-corrected chi connectivity index (χ1v) is 11.4. The molecule has 2 aliphatic heterocycles. The molecule has 1 fully saturated rings. The summed E-state index contributed by atoms with van der Waals surface area (Å²) in [5, 5.41) is 9.18. The molecule has 7 nitrogen and oxygen atoms in total. The molecule has 0 unspecified atom stereocenters. The summed E-state index contributed by atoms with van der Waals surface area (Å²) in [6, 6.07) is 18.5. The normalized spacial score (nSPS) is 15.5. The third kappa shape index (κ3) is 4.51. The van der Waals surface area contributed by atoms with Crippen LogP contribution in [-0.2, 0) is 13.0 Å². The first kappa shape index (κ1) is 21.0. The third-order valence-electron chi connectivity index (χ3n) is 6.13. The van der Waals surface area contributed by atoms with Crippen molar-refractivity contribution >= 4 is 11.9 Å². The molecule has 7 heteroatoms. The van der Waals surface area contributed by atoms with Crippen LogP contribution in [0.5, 0.6) is 11.6 Å². The average Bonchev–Trinajstić information content (AvgIpc) is 2.89. The van der Waals surface area contributed by atoms with Gasteiger partial charge in [0.05, 0.1) is 29.4 Å². The molecule has 0 bridgehead atoms. The Labute approximate surface area is 193 Å². The van der Waals surface area contributed by atoms with E-state index >= 15 is 0 Å². The maximum Gasteiger partial charge on any atom is 0.254 e. The number of rotatable bonds is 4. The van der Waals surface area contributed by atoms with E-state index in [2.05, 4.69) is 11.0 Å². The minimum Gasteiger partial charge on any atom is -0.438 e. The number of hydrogen-bond acceptors (Lipinski definition) is 6. The van der Waals surface area contributed by atoms with Crippen LogP contribution in [0.2, 0.25) is 0 Å². The number of aromatic nitrogens is 2. The zero-order chi connectivity index (χ0) is 22.6. The molecule has 1 amide bonds. The Morgan fingerprint density at radius 3 is 2.58 bits per heavy atom. The first-order valence-electron chi connectivity index (χ1n) is 11.4. The molecule has 3 heterocycles. The van der Waals surface area contributed by atoms with Crippen molar-refractivity contribution in [3.63, 3.8) is 0 Å². The molecule has 5 rings (SSSR count). The van der Waals surface area contributed by atoms with Crippen molar-refractivity contribution in [2.24, 2.45) is 0 Å². The van der Waals surface area contributed by atoms with Gasteiger partial charge in [-0.3, -0.25) is 4.79 Å². The summed E-state index contributed by atoms with van der Waals surface area (Å²) in [6.07, 6.45) is 4.14. The van der Waals surface area contributed by atoms with Gasteiger partial charge in [-0.1, -0.05) is 24.3 Å². The van der Waals surface area contributed by atoms with Gasteiger partial charge < -0.3 is 14.5 Å². The number of para-hydroxylation sites is 1. The molecule has 0 aliphatic carbocycles. The fourth-order valence-electron chi connectivity index (χ4n) is 4.37. The number of carbonyl (C=O) groups is 1. The zero-order valence-electron chi connectivity index (χ0n) is 18.4. The van der Waals surface area contributed by atoms with E-state index in [0.29, 0.717) is 48.2 Å². The zero-order valence-corrected chi connectivity index (χ0v) is 18.4. The Balaban J connectivity index is 1.47. The predicted molar refractivity (Wildman–Crippen MR) is 124 cm³/mol. The Bertz CT molecular complexity index is 1200. The summed E-state index contributed by atoms with van der Waals surface area (Å²) in [5.41, 5.74) is 2.76. The minimum atomic E-state index is -0.108. The highest BCUT2D eigenvalue weighted by Crippen LogP contribution is 2.32. The van der Waals surface area contributed by atoms with Gasteiger partial charge in [0.15, 0.2) is 0 Å². The second kappa shape index (κ2) is 9.29. The fourth-order valence-corrected chi connectivity index (χ4v) is 4.37. The number of benzene rings is 2. The maximum atomic E-state index is 13.2. The van der Waals surface area contributed by atoms with Gasteiger partial charge in [-0.2, -0.15) is 10.2 Å². The van der Waals surface area contributed by atoms with E-state index < -0.39 is 0 Å². The van der Waals surface area contributed by atoms with Crippen LogP contribution in [-0.4, -0.2) is 40.4 Å². The number of piperidine rings is 1. The van der Waals surface area contributed by atoms with Crippen LogP contribution in [0.1, 0.15) is 46.4 Å². The maximum absolute atomic E-state index is 13.2. The number of ether oxygens (including phenoxy) is 1. The molecule has 1 saturated heterocycles. The Kier molecular flexibility index (Phi) is 5.90. The SMILES string of the molecule is N#Cc1cccc(C(=O)N2CCc3nc(N4CCCCC4)nc(Oc4ccccc4)c3C2)c1. The number of amides is 1. The average molecular weight is 440 g/mol. The van der Waals surface area contributed by atoms with Crippen LogP contribution in [0.15, 0.2) is 54.6 Å². The second-order valence-electron chi connectivity index (χ2n) is 8.39. The van der Waals surface area contributed by atoms with Crippen LogP contribution in [0.25, 0.3) is 0 Å². The summed E-state index contributed by atoms with van der Waals surface area (Å²) in [7, 11) is 0. The summed E-state index contributed by atoms with van der Waals surface area (Å²) in [5.74, 6) is 1.81. The van der Waals surface area contributed by atoms with Crippen molar-refractivity contribution in [2.75, 3.05) is 24.5 Å². The quantitative estimate of drug-likeness (QED) is 0.602. The van der Waals surface area contributed by atoms with E-state index in [0.717, 1.165) is 37.2 Å². The highest BCUT2D eigenvalue weighted by molar-refractivity contribution is 5.94. The highest BCUT2D eigenvalue weighted by atomic mass is 16.5. The van der Waals surface area contributed by atoms with Crippen molar-refractivity contribution in [1.29, 1.82) is 5.26 Å². The van der Waals surface area contributed by atoms with E-state index in [9.17, 15) is 10.1 Å². The molecule has 0 spiro atoms. The molecule has 1 aromatic heterocycles. The standard InChI is InChI=1S/C26H25N5O2/c27-17-19-8-7-9-20(16-19)25(32)31-15-12-23-22(18-31)24(33-21-10-3-1-4-11-21)29-26(28-23)30-13-5-2-6-14-30/h1,3-4,7-11,16H,2,5-6,12-15,18H2. The number of anilines is 1. The van der Waals surface area contributed by atoms with Crippen LogP contribution >= 0.6 is 0 Å². The molecular weight excluding hydrogens is 414 g/mol. The molecule has 0 atom stereocenters. The summed E-state index contributed by atoms with van der Waals surface area (Å²) < 4.78 is 6.22. The van der Waals surface area contributed by atoms with Crippen molar-refractivity contribution < 1.29 is 9.53 Å². The lowest BCUT2D eigenvalue weighted by Crippen LogP contribution is -2.37. The number of fused-ring (bicyclic) bond motifs is 1. The summed E-state index contributed by atoms with van der Waals surface area (Å²) >= 11 is 0. The second-order valence-corrected chi connectivity index (χ2v) is 8.39. The Hall–Kier alpha value is -3.92. The summed E-state index contributed by atoms with van der Waals surface area (Å²) in [6.45, 7) is 2.82. The van der Waals surface area contributed by atoms with Gasteiger partial charge in [0.25, 0.3) is 5.91 Å². The third-order valence-corrected chi connectivity index (χ3v) is 6.13. The molecule has 33 heavy (non-hydrogen) atoms. The molecule has 0 radical (unpaired) electrons. The number of hydrogen-bond donors (Lipinski definition) is 0. The monoisotopic (exact) mass is 439 g/mol. The van der Waals surface area contributed by atoms with E-state index in [1.54, 1.807) is 29.2 Å². The van der Waals surface area contributed by atoms with Crippen LogP contribution in [0.4, 0.5) is 5.95 Å². The van der Waals surface area contributed by atoms with Crippen molar-refractivity contribution in [1.82, 2.24) is 14.9 Å². The van der Waals surface area contributed by atoms with Gasteiger partial charge in [-0.05, 0) is 49.6 Å². The lowest BCUT2D eigenvalue weighted by atomic mass is 10.0. The van der Waals surface area contributed by atoms with Crippen molar-refractivity contribution in [3.05, 3.63) is 77.0 Å².